The summed E-state index contributed by atoms with van der Waals surface area (Å²) in [6, 6.07) is -3.89. The number of aliphatic carboxylic acids is 3. The third-order valence-electron chi connectivity index (χ3n) is 4.23. The Balaban J connectivity index is 4.36. The third kappa shape index (κ3) is 14.0. The summed E-state index contributed by atoms with van der Waals surface area (Å²) < 4.78 is 0. The number of hydrogen-bond acceptors (Lipinski definition) is 6. The van der Waals surface area contributed by atoms with Gasteiger partial charge in [-0.15, -0.1) is 0 Å². The van der Waals surface area contributed by atoms with E-state index in [0.717, 1.165) is 25.7 Å². The van der Waals surface area contributed by atoms with Crippen molar-refractivity contribution < 1.29 is 39.3 Å². The van der Waals surface area contributed by atoms with Gasteiger partial charge in [-0.25, -0.2) is 14.4 Å². The van der Waals surface area contributed by atoms with Crippen molar-refractivity contribution >= 4 is 29.7 Å². The minimum Gasteiger partial charge on any atom is -0.481 e. The number of carboxylic acid groups (broad SMARTS) is 3. The normalized spacial score (nSPS) is 12.6. The molecule has 0 bridgehead atoms. The van der Waals surface area contributed by atoms with Crippen molar-refractivity contribution in [2.24, 2.45) is 5.73 Å². The molecular weight excluding hydrogens is 386 g/mol. The highest BCUT2D eigenvalue weighted by molar-refractivity contribution is 5.87. The number of nitrogens with two attached hydrogens (primary N) is 1. The van der Waals surface area contributed by atoms with E-state index >= 15 is 0 Å². The van der Waals surface area contributed by atoms with Crippen LogP contribution >= 0.6 is 0 Å². The van der Waals surface area contributed by atoms with Gasteiger partial charge < -0.3 is 31.7 Å². The lowest BCUT2D eigenvalue weighted by atomic mass is 10.0. The van der Waals surface area contributed by atoms with Gasteiger partial charge in [0.25, 0.3) is 0 Å². The van der Waals surface area contributed by atoms with Crippen LogP contribution in [0.3, 0.4) is 0 Å². The average molecular weight is 417 g/mol. The lowest BCUT2D eigenvalue weighted by Gasteiger charge is -2.18. The highest BCUT2D eigenvalue weighted by Gasteiger charge is 2.25. The summed E-state index contributed by atoms with van der Waals surface area (Å²) in [5, 5.41) is 30.9. The summed E-state index contributed by atoms with van der Waals surface area (Å²) in [6.07, 6.45) is 3.90. The molecular formula is C18H31N3O8. The number of rotatable bonds is 17. The van der Waals surface area contributed by atoms with E-state index < -0.39 is 42.4 Å². The molecule has 2 atom stereocenters. The van der Waals surface area contributed by atoms with E-state index in [4.69, 9.17) is 15.9 Å². The maximum atomic E-state index is 11.9. The van der Waals surface area contributed by atoms with Crippen molar-refractivity contribution in [3.8, 4) is 0 Å². The molecule has 0 aromatic carbocycles. The molecule has 0 fully saturated rings. The maximum Gasteiger partial charge on any atom is 0.326 e. The number of nitrogens with one attached hydrogen (secondary N) is 2. The van der Waals surface area contributed by atoms with Gasteiger partial charge in [0, 0.05) is 19.3 Å². The Morgan fingerprint density at radius 3 is 1.66 bits per heavy atom. The summed E-state index contributed by atoms with van der Waals surface area (Å²) in [7, 11) is 0. The topological polar surface area (TPSA) is 196 Å². The number of hydrogen-bond donors (Lipinski definition) is 6. The Kier molecular flexibility index (Phi) is 13.8. The SMILES string of the molecule is NCCCCCCCC(=O)CC[C@H](NC(=O)N[C@@H](CCC(=O)O)C(=O)O)C(=O)O. The largest absolute Gasteiger partial charge is 0.481 e. The number of ketones is 1. The standard InChI is InChI=1S/C18H31N3O8/c19-11-5-3-1-2-4-6-12(22)7-8-13(16(25)26)20-18(29)21-14(17(27)28)9-10-15(23)24/h13-14H,1-11,19H2,(H,23,24)(H,25,26)(H,27,28)(H2,20,21,29)/t13-,14-/m0/s1. The van der Waals surface area contributed by atoms with E-state index in [0.29, 0.717) is 19.4 Å². The molecule has 0 unspecified atom stereocenters. The number of carboxylic acids is 3. The van der Waals surface area contributed by atoms with Crippen molar-refractivity contribution in [2.75, 3.05) is 6.54 Å². The summed E-state index contributed by atoms with van der Waals surface area (Å²) >= 11 is 0. The van der Waals surface area contributed by atoms with Crippen molar-refractivity contribution in [3.05, 3.63) is 0 Å². The molecule has 2 amide bonds. The van der Waals surface area contributed by atoms with Gasteiger partial charge in [-0.2, -0.15) is 0 Å². The maximum absolute atomic E-state index is 11.9. The second-order valence-corrected chi connectivity index (χ2v) is 6.72. The first-order valence-electron chi connectivity index (χ1n) is 9.63. The second kappa shape index (κ2) is 15.3. The van der Waals surface area contributed by atoms with Crippen LogP contribution in [0.25, 0.3) is 0 Å². The number of unbranched alkanes of at least 4 members (excludes halogenated alkanes) is 4. The number of amides is 2. The lowest BCUT2D eigenvalue weighted by Crippen LogP contribution is -2.51. The third-order valence-corrected chi connectivity index (χ3v) is 4.23. The van der Waals surface area contributed by atoms with Gasteiger partial charge in [0.05, 0.1) is 0 Å². The molecule has 29 heavy (non-hydrogen) atoms. The fourth-order valence-corrected chi connectivity index (χ4v) is 2.57. The smallest absolute Gasteiger partial charge is 0.326 e. The molecule has 11 nitrogen and oxygen atoms in total. The van der Waals surface area contributed by atoms with Crippen LogP contribution in [-0.4, -0.2) is 63.7 Å². The van der Waals surface area contributed by atoms with Crippen LogP contribution in [0, 0.1) is 0 Å². The predicted octanol–water partition coefficient (Wildman–Crippen LogP) is 0.705. The van der Waals surface area contributed by atoms with E-state index in [9.17, 15) is 29.1 Å². The Bertz CT molecular complexity index is 567. The first kappa shape index (κ1) is 26.3. The van der Waals surface area contributed by atoms with Crippen LogP contribution in [0.1, 0.15) is 64.2 Å². The molecule has 0 aromatic heterocycles. The van der Waals surface area contributed by atoms with E-state index in [1.807, 2.05) is 5.32 Å². The van der Waals surface area contributed by atoms with Crippen LogP contribution in [0.5, 0.6) is 0 Å². The molecule has 0 aliphatic heterocycles. The molecule has 166 valence electrons. The van der Waals surface area contributed by atoms with Gasteiger partial charge in [0.15, 0.2) is 0 Å². The zero-order chi connectivity index (χ0) is 22.2. The average Bonchev–Trinajstić information content (AvgIpc) is 2.64. The number of urea groups is 1. The summed E-state index contributed by atoms with van der Waals surface area (Å²) in [6.45, 7) is 0.642. The highest BCUT2D eigenvalue weighted by atomic mass is 16.4. The molecule has 0 aromatic rings. The molecule has 0 aliphatic rings. The Hall–Kier alpha value is -2.69. The molecule has 0 heterocycles. The summed E-state index contributed by atoms with van der Waals surface area (Å²) in [4.78, 5) is 56.6. The number of carbonyl (C=O) groups is 5. The van der Waals surface area contributed by atoms with Crippen molar-refractivity contribution in [3.63, 3.8) is 0 Å². The zero-order valence-electron chi connectivity index (χ0n) is 16.4. The Labute approximate surface area is 169 Å². The van der Waals surface area contributed by atoms with Crippen molar-refractivity contribution in [1.29, 1.82) is 0 Å². The monoisotopic (exact) mass is 417 g/mol. The van der Waals surface area contributed by atoms with Gasteiger partial charge >= 0.3 is 23.9 Å². The van der Waals surface area contributed by atoms with Crippen LogP contribution in [-0.2, 0) is 19.2 Å². The minimum atomic E-state index is -1.47. The predicted molar refractivity (Wildman–Crippen MR) is 102 cm³/mol. The van der Waals surface area contributed by atoms with Gasteiger partial charge in [-0.05, 0) is 32.2 Å². The molecule has 0 radical (unpaired) electrons. The number of Topliss-reactive ketones (excluding diaryl/α,β-unsaturated/α-hetero) is 1. The van der Waals surface area contributed by atoms with Crippen molar-refractivity contribution in [1.82, 2.24) is 10.6 Å². The van der Waals surface area contributed by atoms with E-state index in [2.05, 4.69) is 5.32 Å². The first-order valence-corrected chi connectivity index (χ1v) is 9.63. The fourth-order valence-electron chi connectivity index (χ4n) is 2.57. The van der Waals surface area contributed by atoms with Gasteiger partial charge in [-0.3, -0.25) is 9.59 Å². The van der Waals surface area contributed by atoms with Gasteiger partial charge in [-0.1, -0.05) is 19.3 Å². The highest BCUT2D eigenvalue weighted by Crippen LogP contribution is 2.09. The summed E-state index contributed by atoms with van der Waals surface area (Å²) in [5.41, 5.74) is 5.40. The Morgan fingerprint density at radius 1 is 0.690 bits per heavy atom. The molecule has 7 N–H and O–H groups in total. The van der Waals surface area contributed by atoms with E-state index in [1.165, 1.54) is 0 Å². The number of carbonyl (C=O) groups excluding carboxylic acids is 2. The molecule has 0 saturated carbocycles. The summed E-state index contributed by atoms with van der Waals surface area (Å²) in [5.74, 6) is -4.12. The van der Waals surface area contributed by atoms with Crippen LogP contribution < -0.4 is 16.4 Å². The van der Waals surface area contributed by atoms with E-state index in [1.54, 1.807) is 0 Å². The van der Waals surface area contributed by atoms with E-state index in [-0.39, 0.29) is 25.0 Å². The quantitative estimate of drug-likeness (QED) is 0.185. The minimum absolute atomic E-state index is 0.0264. The molecule has 0 aliphatic carbocycles. The first-order chi connectivity index (χ1) is 13.7. The lowest BCUT2D eigenvalue weighted by molar-refractivity contribution is -0.141. The van der Waals surface area contributed by atoms with Gasteiger partial charge in [0.1, 0.15) is 17.9 Å². The van der Waals surface area contributed by atoms with Crippen molar-refractivity contribution in [2.45, 2.75) is 76.3 Å². The zero-order valence-corrected chi connectivity index (χ0v) is 16.4. The molecule has 0 spiro atoms. The van der Waals surface area contributed by atoms with Gasteiger partial charge in [0.2, 0.25) is 0 Å². The van der Waals surface area contributed by atoms with Crippen LogP contribution in [0.4, 0.5) is 4.79 Å². The molecule has 11 heteroatoms. The Morgan fingerprint density at radius 2 is 1.17 bits per heavy atom. The molecule has 0 saturated heterocycles. The molecule has 0 rings (SSSR count). The van der Waals surface area contributed by atoms with Crippen LogP contribution in [0.15, 0.2) is 0 Å². The second-order valence-electron chi connectivity index (χ2n) is 6.72. The van der Waals surface area contributed by atoms with Crippen LogP contribution in [0.2, 0.25) is 0 Å². The fraction of sp³-hybridized carbons (Fsp3) is 0.722.